The number of aromatic nitrogens is 1. The fourth-order valence-electron chi connectivity index (χ4n) is 3.49. The van der Waals surface area contributed by atoms with Crippen molar-refractivity contribution in [3.63, 3.8) is 0 Å². The minimum absolute atomic E-state index is 0.0361. The standard InChI is InChI=1S/C24H22ClN3O3S/c25-21-11-2-4-13-23(21)28-32(30,31)19-9-6-8-18(15-19)27-24(29)14-5-7-17-16-26-22-12-3-1-10-20(17)22/h1-4,6,8-13,15-16,26,28H,5,7,14H2,(H,27,29). The van der Waals surface area contributed by atoms with E-state index in [-0.39, 0.29) is 10.8 Å². The van der Waals surface area contributed by atoms with Crippen molar-refractivity contribution in [2.24, 2.45) is 0 Å². The van der Waals surface area contributed by atoms with Crippen LogP contribution in [-0.2, 0) is 21.2 Å². The maximum Gasteiger partial charge on any atom is 0.262 e. The molecular weight excluding hydrogens is 446 g/mol. The molecule has 4 rings (SSSR count). The zero-order chi connectivity index (χ0) is 22.6. The number of halogens is 1. The van der Waals surface area contributed by atoms with Crippen molar-refractivity contribution in [3.05, 3.63) is 89.6 Å². The highest BCUT2D eigenvalue weighted by Gasteiger charge is 2.16. The molecule has 0 atom stereocenters. The Morgan fingerprint density at radius 1 is 0.969 bits per heavy atom. The van der Waals surface area contributed by atoms with E-state index in [4.69, 9.17) is 11.6 Å². The van der Waals surface area contributed by atoms with E-state index in [9.17, 15) is 13.2 Å². The summed E-state index contributed by atoms with van der Waals surface area (Å²) in [5.41, 5.74) is 2.97. The summed E-state index contributed by atoms with van der Waals surface area (Å²) in [5.74, 6) is -0.168. The van der Waals surface area contributed by atoms with E-state index in [1.807, 2.05) is 24.4 Å². The summed E-state index contributed by atoms with van der Waals surface area (Å²) in [6, 6.07) is 20.8. The lowest BCUT2D eigenvalue weighted by molar-refractivity contribution is -0.116. The number of H-pyrrole nitrogens is 1. The molecule has 3 N–H and O–H groups in total. The van der Waals surface area contributed by atoms with Crippen molar-refractivity contribution >= 4 is 49.8 Å². The van der Waals surface area contributed by atoms with Gasteiger partial charge in [-0.1, -0.05) is 48.0 Å². The number of hydrogen-bond acceptors (Lipinski definition) is 3. The van der Waals surface area contributed by atoms with Crippen LogP contribution in [0.1, 0.15) is 18.4 Å². The van der Waals surface area contributed by atoms with Crippen molar-refractivity contribution in [3.8, 4) is 0 Å². The second kappa shape index (κ2) is 9.46. The van der Waals surface area contributed by atoms with Crippen LogP contribution in [0.4, 0.5) is 11.4 Å². The van der Waals surface area contributed by atoms with Gasteiger partial charge in [0.2, 0.25) is 5.91 Å². The van der Waals surface area contributed by atoms with Gasteiger partial charge in [-0.15, -0.1) is 0 Å². The number of aromatic amines is 1. The SMILES string of the molecule is O=C(CCCc1c[nH]c2ccccc12)Nc1cccc(S(=O)(=O)Nc2ccccc2Cl)c1. The number of rotatable bonds is 8. The van der Waals surface area contributed by atoms with E-state index in [0.717, 1.165) is 17.3 Å². The van der Waals surface area contributed by atoms with Crippen LogP contribution in [0.3, 0.4) is 0 Å². The predicted octanol–water partition coefficient (Wildman–Crippen LogP) is 5.58. The third-order valence-electron chi connectivity index (χ3n) is 5.07. The Labute approximate surface area is 191 Å². The van der Waals surface area contributed by atoms with Gasteiger partial charge in [0.15, 0.2) is 0 Å². The van der Waals surface area contributed by atoms with E-state index in [2.05, 4.69) is 21.1 Å². The van der Waals surface area contributed by atoms with Gasteiger partial charge in [0.25, 0.3) is 10.0 Å². The molecule has 0 saturated carbocycles. The molecule has 164 valence electrons. The van der Waals surface area contributed by atoms with Gasteiger partial charge in [-0.25, -0.2) is 8.42 Å². The topological polar surface area (TPSA) is 91.1 Å². The molecule has 1 amide bonds. The van der Waals surface area contributed by atoms with Crippen molar-refractivity contribution in [2.75, 3.05) is 10.0 Å². The molecule has 0 aliphatic rings. The van der Waals surface area contributed by atoms with E-state index in [1.165, 1.54) is 17.7 Å². The largest absolute Gasteiger partial charge is 0.361 e. The smallest absolute Gasteiger partial charge is 0.262 e. The van der Waals surface area contributed by atoms with Crippen molar-refractivity contribution < 1.29 is 13.2 Å². The molecule has 0 radical (unpaired) electrons. The van der Waals surface area contributed by atoms with E-state index in [0.29, 0.717) is 29.2 Å². The second-order valence-electron chi connectivity index (χ2n) is 7.37. The normalized spacial score (nSPS) is 11.4. The zero-order valence-corrected chi connectivity index (χ0v) is 18.7. The van der Waals surface area contributed by atoms with Crippen molar-refractivity contribution in [1.29, 1.82) is 0 Å². The lowest BCUT2D eigenvalue weighted by Gasteiger charge is -2.11. The third kappa shape index (κ3) is 5.12. The van der Waals surface area contributed by atoms with E-state index < -0.39 is 10.0 Å². The van der Waals surface area contributed by atoms with Gasteiger partial charge in [-0.05, 0) is 54.8 Å². The molecule has 1 aromatic heterocycles. The molecule has 0 bridgehead atoms. The Kier molecular flexibility index (Phi) is 6.48. The van der Waals surface area contributed by atoms with Crippen LogP contribution in [0.15, 0.2) is 83.9 Å². The summed E-state index contributed by atoms with van der Waals surface area (Å²) in [7, 11) is -3.85. The van der Waals surface area contributed by atoms with Gasteiger partial charge in [-0.3, -0.25) is 9.52 Å². The first kappa shape index (κ1) is 21.9. The van der Waals surface area contributed by atoms with Crippen molar-refractivity contribution in [2.45, 2.75) is 24.2 Å². The Hall–Kier alpha value is -3.29. The number of amides is 1. The average molecular weight is 468 g/mol. The molecule has 0 fully saturated rings. The number of sulfonamides is 1. The number of nitrogens with one attached hydrogen (secondary N) is 3. The molecule has 0 unspecified atom stereocenters. The van der Waals surface area contributed by atoms with Gasteiger partial charge < -0.3 is 10.3 Å². The molecule has 4 aromatic rings. The highest BCUT2D eigenvalue weighted by atomic mass is 35.5. The van der Waals surface area contributed by atoms with Crippen LogP contribution in [0, 0.1) is 0 Å². The first-order chi connectivity index (χ1) is 15.4. The zero-order valence-electron chi connectivity index (χ0n) is 17.1. The van der Waals surface area contributed by atoms with Gasteiger partial charge in [-0.2, -0.15) is 0 Å². The Bertz CT molecular complexity index is 1370. The van der Waals surface area contributed by atoms with E-state index >= 15 is 0 Å². The molecular formula is C24H22ClN3O3S. The second-order valence-corrected chi connectivity index (χ2v) is 9.46. The Morgan fingerprint density at radius 3 is 2.59 bits per heavy atom. The molecule has 1 heterocycles. The summed E-state index contributed by atoms with van der Waals surface area (Å²) < 4.78 is 27.9. The van der Waals surface area contributed by atoms with Gasteiger partial charge in [0.1, 0.15) is 0 Å². The fraction of sp³-hybridized carbons (Fsp3) is 0.125. The highest BCUT2D eigenvalue weighted by molar-refractivity contribution is 7.92. The number of anilines is 2. The monoisotopic (exact) mass is 467 g/mol. The van der Waals surface area contributed by atoms with Crippen LogP contribution in [0.25, 0.3) is 10.9 Å². The summed E-state index contributed by atoms with van der Waals surface area (Å²) >= 11 is 6.05. The highest BCUT2D eigenvalue weighted by Crippen LogP contribution is 2.25. The quantitative estimate of drug-likeness (QED) is 0.315. The summed E-state index contributed by atoms with van der Waals surface area (Å²) in [6.07, 6.45) is 3.75. The van der Waals surface area contributed by atoms with Gasteiger partial charge >= 0.3 is 0 Å². The summed E-state index contributed by atoms with van der Waals surface area (Å²) in [4.78, 5) is 15.7. The molecule has 0 saturated heterocycles. The minimum atomic E-state index is -3.85. The molecule has 0 aliphatic heterocycles. The lowest BCUT2D eigenvalue weighted by atomic mass is 10.1. The number of aryl methyl sites for hydroxylation is 1. The number of para-hydroxylation sites is 2. The lowest BCUT2D eigenvalue weighted by Crippen LogP contribution is -2.15. The third-order valence-corrected chi connectivity index (χ3v) is 6.76. The van der Waals surface area contributed by atoms with Crippen LogP contribution in [0.5, 0.6) is 0 Å². The Morgan fingerprint density at radius 2 is 1.75 bits per heavy atom. The molecule has 0 spiro atoms. The summed E-state index contributed by atoms with van der Waals surface area (Å²) in [6.45, 7) is 0. The fourth-order valence-corrected chi connectivity index (χ4v) is 4.85. The molecule has 6 nitrogen and oxygen atoms in total. The molecule has 3 aromatic carbocycles. The molecule has 32 heavy (non-hydrogen) atoms. The number of hydrogen-bond donors (Lipinski definition) is 3. The van der Waals surface area contributed by atoms with Gasteiger partial charge in [0, 0.05) is 29.2 Å². The number of carbonyl (C=O) groups excluding carboxylic acids is 1. The number of benzene rings is 3. The summed E-state index contributed by atoms with van der Waals surface area (Å²) in [5, 5.41) is 4.25. The number of carbonyl (C=O) groups is 1. The molecule has 0 aliphatic carbocycles. The van der Waals surface area contributed by atoms with Crippen LogP contribution >= 0.6 is 11.6 Å². The van der Waals surface area contributed by atoms with Crippen LogP contribution in [-0.4, -0.2) is 19.3 Å². The minimum Gasteiger partial charge on any atom is -0.361 e. The predicted molar refractivity (Wildman–Crippen MR) is 129 cm³/mol. The van der Waals surface area contributed by atoms with Crippen molar-refractivity contribution in [1.82, 2.24) is 4.98 Å². The molecule has 8 heteroatoms. The maximum absolute atomic E-state index is 12.7. The van der Waals surface area contributed by atoms with Crippen LogP contribution in [0.2, 0.25) is 5.02 Å². The average Bonchev–Trinajstić information content (AvgIpc) is 3.19. The van der Waals surface area contributed by atoms with E-state index in [1.54, 1.807) is 36.4 Å². The number of fused-ring (bicyclic) bond motifs is 1. The maximum atomic E-state index is 12.7. The van der Waals surface area contributed by atoms with Gasteiger partial charge in [0.05, 0.1) is 15.6 Å². The Balaban J connectivity index is 1.37. The first-order valence-electron chi connectivity index (χ1n) is 10.1. The van der Waals surface area contributed by atoms with Crippen LogP contribution < -0.4 is 10.0 Å². The first-order valence-corrected chi connectivity index (χ1v) is 12.0.